The van der Waals surface area contributed by atoms with Crippen molar-refractivity contribution in [2.24, 2.45) is 5.14 Å². The normalized spacial score (nSPS) is 11.2. The molecule has 6 nitrogen and oxygen atoms in total. The van der Waals surface area contributed by atoms with Gasteiger partial charge >= 0.3 is 0 Å². The van der Waals surface area contributed by atoms with E-state index in [0.717, 1.165) is 12.3 Å². The molecule has 0 fully saturated rings. The molecule has 0 bridgehead atoms. The van der Waals surface area contributed by atoms with Gasteiger partial charge < -0.3 is 5.32 Å². The third-order valence-corrected chi connectivity index (χ3v) is 3.79. The van der Waals surface area contributed by atoms with E-state index in [2.05, 4.69) is 10.3 Å². The molecule has 1 aromatic heterocycles. The average molecular weight is 309 g/mol. The van der Waals surface area contributed by atoms with Gasteiger partial charge in [0.2, 0.25) is 16.0 Å². The number of amides is 1. The number of aromatic nitrogens is 1. The Kier molecular flexibility index (Phi) is 4.01. The Hall–Kier alpha value is -2.32. The smallest absolute Gasteiger partial charge is 0.255 e. The van der Waals surface area contributed by atoms with Gasteiger partial charge in [-0.05, 0) is 30.7 Å². The maximum Gasteiger partial charge on any atom is 0.255 e. The van der Waals surface area contributed by atoms with Crippen molar-refractivity contribution in [3.8, 4) is 0 Å². The van der Waals surface area contributed by atoms with E-state index in [9.17, 15) is 17.6 Å². The zero-order chi connectivity index (χ0) is 15.6. The molecule has 1 aromatic carbocycles. The van der Waals surface area contributed by atoms with Crippen LogP contribution in [0.3, 0.4) is 0 Å². The molecule has 2 aromatic rings. The van der Waals surface area contributed by atoms with Crippen LogP contribution in [0.25, 0.3) is 0 Å². The lowest BCUT2D eigenvalue weighted by Gasteiger charge is -2.09. The number of halogens is 1. The minimum Gasteiger partial charge on any atom is -0.322 e. The SMILES string of the molecule is Cc1ccc(NC(=O)c2ccnc(F)c2)cc1S(N)(=O)=O. The highest BCUT2D eigenvalue weighted by Crippen LogP contribution is 2.19. The Balaban J connectivity index is 2.30. The lowest BCUT2D eigenvalue weighted by atomic mass is 10.2. The van der Waals surface area contributed by atoms with Crippen molar-refractivity contribution in [1.29, 1.82) is 0 Å². The number of benzene rings is 1. The molecule has 1 heterocycles. The number of hydrogen-bond acceptors (Lipinski definition) is 4. The number of hydrogen-bond donors (Lipinski definition) is 2. The molecule has 0 radical (unpaired) electrons. The monoisotopic (exact) mass is 309 g/mol. The summed E-state index contributed by atoms with van der Waals surface area (Å²) in [5.41, 5.74) is 0.775. The predicted octanol–water partition coefficient (Wildman–Crippen LogP) is 1.43. The summed E-state index contributed by atoms with van der Waals surface area (Å²) in [4.78, 5) is 15.2. The van der Waals surface area contributed by atoms with Crippen LogP contribution in [0.2, 0.25) is 0 Å². The van der Waals surface area contributed by atoms with Crippen molar-refractivity contribution >= 4 is 21.6 Å². The first kappa shape index (κ1) is 15.1. The van der Waals surface area contributed by atoms with Gasteiger partial charge in [-0.15, -0.1) is 0 Å². The molecule has 0 aliphatic rings. The maximum atomic E-state index is 13.0. The largest absolute Gasteiger partial charge is 0.322 e. The van der Waals surface area contributed by atoms with Gasteiger partial charge in [-0.3, -0.25) is 4.79 Å². The number of nitrogens with one attached hydrogen (secondary N) is 1. The topological polar surface area (TPSA) is 102 Å². The van der Waals surface area contributed by atoms with E-state index < -0.39 is 21.9 Å². The van der Waals surface area contributed by atoms with E-state index in [0.29, 0.717) is 5.56 Å². The summed E-state index contributed by atoms with van der Waals surface area (Å²) in [7, 11) is -3.88. The van der Waals surface area contributed by atoms with Crippen molar-refractivity contribution in [2.75, 3.05) is 5.32 Å². The molecule has 0 unspecified atom stereocenters. The van der Waals surface area contributed by atoms with Gasteiger partial charge in [0, 0.05) is 23.5 Å². The molecule has 0 saturated carbocycles. The van der Waals surface area contributed by atoms with Crippen molar-refractivity contribution in [3.05, 3.63) is 53.6 Å². The highest BCUT2D eigenvalue weighted by atomic mass is 32.2. The standard InChI is InChI=1S/C13H12FN3O3S/c1-8-2-3-10(7-11(8)21(15,19)20)17-13(18)9-4-5-16-12(14)6-9/h2-7H,1H3,(H,17,18)(H2,15,19,20). The van der Waals surface area contributed by atoms with Gasteiger partial charge in [0.05, 0.1) is 4.90 Å². The Bertz CT molecular complexity index is 806. The fraction of sp³-hybridized carbons (Fsp3) is 0.0769. The molecule has 0 aliphatic heterocycles. The number of pyridine rings is 1. The summed E-state index contributed by atoms with van der Waals surface area (Å²) < 4.78 is 35.8. The number of carbonyl (C=O) groups excluding carboxylic acids is 1. The lowest BCUT2D eigenvalue weighted by Crippen LogP contribution is -2.16. The van der Waals surface area contributed by atoms with Gasteiger partial charge in [0.1, 0.15) is 0 Å². The van der Waals surface area contributed by atoms with E-state index >= 15 is 0 Å². The first-order valence-corrected chi connectivity index (χ1v) is 7.38. The van der Waals surface area contributed by atoms with Crippen molar-refractivity contribution in [1.82, 2.24) is 4.98 Å². The van der Waals surface area contributed by atoms with Crippen LogP contribution in [0.15, 0.2) is 41.4 Å². The van der Waals surface area contributed by atoms with E-state index in [-0.39, 0.29) is 16.1 Å². The summed E-state index contributed by atoms with van der Waals surface area (Å²) in [5, 5.41) is 7.56. The quantitative estimate of drug-likeness (QED) is 0.837. The third kappa shape index (κ3) is 3.61. The number of nitrogens with two attached hydrogens (primary N) is 1. The van der Waals surface area contributed by atoms with Gasteiger partial charge in [-0.25, -0.2) is 18.5 Å². The van der Waals surface area contributed by atoms with E-state index in [1.165, 1.54) is 24.3 Å². The first-order chi connectivity index (χ1) is 9.77. The predicted molar refractivity (Wildman–Crippen MR) is 74.7 cm³/mol. The van der Waals surface area contributed by atoms with Crippen LogP contribution in [-0.2, 0) is 10.0 Å². The second kappa shape index (κ2) is 5.58. The van der Waals surface area contributed by atoms with Gasteiger partial charge in [-0.2, -0.15) is 4.39 Å². The van der Waals surface area contributed by atoms with Gasteiger partial charge in [0.25, 0.3) is 5.91 Å². The van der Waals surface area contributed by atoms with Crippen molar-refractivity contribution < 1.29 is 17.6 Å². The van der Waals surface area contributed by atoms with Crippen LogP contribution in [0.5, 0.6) is 0 Å². The number of rotatable bonds is 3. The number of sulfonamides is 1. The molecular formula is C13H12FN3O3S. The summed E-state index contributed by atoms with van der Waals surface area (Å²) in [6.45, 7) is 1.59. The van der Waals surface area contributed by atoms with Gasteiger partial charge in [-0.1, -0.05) is 6.07 Å². The van der Waals surface area contributed by atoms with Gasteiger partial charge in [0.15, 0.2) is 0 Å². The molecule has 21 heavy (non-hydrogen) atoms. The third-order valence-electron chi connectivity index (χ3n) is 2.74. The minimum absolute atomic E-state index is 0.0697. The molecule has 0 aliphatic carbocycles. The van der Waals surface area contributed by atoms with Crippen molar-refractivity contribution in [2.45, 2.75) is 11.8 Å². The molecule has 0 atom stereocenters. The number of nitrogens with zero attached hydrogens (tertiary/aromatic N) is 1. The Morgan fingerprint density at radius 2 is 2.00 bits per heavy atom. The number of carbonyl (C=O) groups is 1. The summed E-state index contributed by atoms with van der Waals surface area (Å²) in [5.74, 6) is -1.36. The lowest BCUT2D eigenvalue weighted by molar-refractivity contribution is 0.102. The van der Waals surface area contributed by atoms with Crippen molar-refractivity contribution in [3.63, 3.8) is 0 Å². The first-order valence-electron chi connectivity index (χ1n) is 5.84. The molecule has 3 N–H and O–H groups in total. The minimum atomic E-state index is -3.88. The highest BCUT2D eigenvalue weighted by Gasteiger charge is 2.14. The zero-order valence-corrected chi connectivity index (χ0v) is 11.8. The van der Waals surface area contributed by atoms with Crippen LogP contribution < -0.4 is 10.5 Å². The van der Waals surface area contributed by atoms with Crippen LogP contribution in [0.1, 0.15) is 15.9 Å². The summed E-state index contributed by atoms with van der Waals surface area (Å²) in [6, 6.07) is 6.61. The molecular weight excluding hydrogens is 297 g/mol. The second-order valence-electron chi connectivity index (χ2n) is 4.35. The maximum absolute atomic E-state index is 13.0. The average Bonchev–Trinajstić information content (AvgIpc) is 2.39. The molecule has 0 saturated heterocycles. The Labute approximate surface area is 120 Å². The van der Waals surface area contributed by atoms with E-state index in [1.54, 1.807) is 6.92 Å². The van der Waals surface area contributed by atoms with Crippen LogP contribution in [0, 0.1) is 12.9 Å². The molecule has 110 valence electrons. The molecule has 2 rings (SSSR count). The fourth-order valence-corrected chi connectivity index (χ4v) is 2.54. The summed E-state index contributed by atoms with van der Waals surface area (Å²) >= 11 is 0. The zero-order valence-electron chi connectivity index (χ0n) is 11.0. The molecule has 8 heteroatoms. The number of aryl methyl sites for hydroxylation is 1. The fourth-order valence-electron chi connectivity index (χ4n) is 1.73. The second-order valence-corrected chi connectivity index (χ2v) is 5.88. The van der Waals surface area contributed by atoms with E-state index in [4.69, 9.17) is 5.14 Å². The number of primary sulfonamides is 1. The molecule has 0 spiro atoms. The molecule has 1 amide bonds. The Morgan fingerprint density at radius 3 is 2.62 bits per heavy atom. The Morgan fingerprint density at radius 1 is 1.29 bits per heavy atom. The summed E-state index contributed by atoms with van der Waals surface area (Å²) in [6.07, 6.45) is 1.16. The number of anilines is 1. The van der Waals surface area contributed by atoms with E-state index in [1.807, 2.05) is 0 Å². The van der Waals surface area contributed by atoms with Crippen LogP contribution >= 0.6 is 0 Å². The van der Waals surface area contributed by atoms with Crippen LogP contribution in [0.4, 0.5) is 10.1 Å². The van der Waals surface area contributed by atoms with Crippen LogP contribution in [-0.4, -0.2) is 19.3 Å². The highest BCUT2D eigenvalue weighted by molar-refractivity contribution is 7.89.